The standard InChI is InChI=1S/C29H45NO4S2/c1-8-10-23(22-13-11-19(3)12-14-22)18-34-21(5)26-25(20(4)9-2)35-28(36-26)24(17-30)27(31)33-16-15-29(6,7)32/h19,22-23,32H,8-16,18H2,1-7H3/b25-20+,26-21-,28-24-. The number of allylic oxidation sites excluding steroid dienone is 2. The van der Waals surface area contributed by atoms with Gasteiger partial charge in [-0.1, -0.05) is 69.1 Å². The van der Waals surface area contributed by atoms with Gasteiger partial charge in [0, 0.05) is 11.3 Å². The topological polar surface area (TPSA) is 79.5 Å². The van der Waals surface area contributed by atoms with Crippen LogP contribution < -0.4 is 0 Å². The maximum absolute atomic E-state index is 12.7. The summed E-state index contributed by atoms with van der Waals surface area (Å²) in [6, 6.07) is 2.06. The molecular formula is C29H45NO4S2. The number of carbonyl (C=O) groups excluding carboxylic acids is 1. The van der Waals surface area contributed by atoms with Gasteiger partial charge in [-0.3, -0.25) is 0 Å². The van der Waals surface area contributed by atoms with Crippen LogP contribution in [-0.4, -0.2) is 29.9 Å². The molecule has 7 heteroatoms. The molecule has 0 amide bonds. The maximum Gasteiger partial charge on any atom is 0.350 e. The number of nitrogens with zero attached hydrogens (tertiary/aromatic N) is 1. The molecule has 1 saturated carbocycles. The van der Waals surface area contributed by atoms with E-state index in [0.29, 0.717) is 16.6 Å². The molecule has 1 heterocycles. The van der Waals surface area contributed by atoms with Gasteiger partial charge in [-0.05, 0) is 71.1 Å². The summed E-state index contributed by atoms with van der Waals surface area (Å²) in [6.45, 7) is 14.9. The molecular weight excluding hydrogens is 490 g/mol. The Morgan fingerprint density at radius 2 is 1.78 bits per heavy atom. The van der Waals surface area contributed by atoms with E-state index in [9.17, 15) is 15.2 Å². The van der Waals surface area contributed by atoms with Gasteiger partial charge in [-0.2, -0.15) is 5.26 Å². The molecule has 5 nitrogen and oxygen atoms in total. The minimum Gasteiger partial charge on any atom is -0.497 e. The molecule has 2 rings (SSSR count). The number of esters is 1. The van der Waals surface area contributed by atoms with Crippen molar-refractivity contribution in [3.63, 3.8) is 0 Å². The second-order valence-electron chi connectivity index (χ2n) is 10.9. The highest BCUT2D eigenvalue weighted by atomic mass is 32.2. The van der Waals surface area contributed by atoms with Crippen LogP contribution in [0.25, 0.3) is 0 Å². The van der Waals surface area contributed by atoms with Crippen LogP contribution in [0.15, 0.2) is 31.0 Å². The van der Waals surface area contributed by atoms with Gasteiger partial charge in [0.05, 0.1) is 28.0 Å². The van der Waals surface area contributed by atoms with Crippen LogP contribution >= 0.6 is 23.5 Å². The highest BCUT2D eigenvalue weighted by Gasteiger charge is 2.32. The van der Waals surface area contributed by atoms with Crippen LogP contribution in [0.2, 0.25) is 0 Å². The van der Waals surface area contributed by atoms with E-state index in [1.807, 2.05) is 6.92 Å². The Morgan fingerprint density at radius 1 is 1.14 bits per heavy atom. The third-order valence-corrected chi connectivity index (χ3v) is 10.1. The number of rotatable bonds is 11. The summed E-state index contributed by atoms with van der Waals surface area (Å²) in [5.41, 5.74) is 0.297. The second-order valence-corrected chi connectivity index (χ2v) is 13.2. The second kappa shape index (κ2) is 14.5. The summed E-state index contributed by atoms with van der Waals surface area (Å²) in [4.78, 5) is 14.8. The third-order valence-electron chi connectivity index (χ3n) is 7.20. The molecule has 1 N–H and O–H groups in total. The molecule has 2 aliphatic rings. The Labute approximate surface area is 227 Å². The molecule has 1 saturated heterocycles. The largest absolute Gasteiger partial charge is 0.497 e. The van der Waals surface area contributed by atoms with Crippen molar-refractivity contribution in [1.82, 2.24) is 0 Å². The lowest BCUT2D eigenvalue weighted by molar-refractivity contribution is -0.139. The van der Waals surface area contributed by atoms with Crippen molar-refractivity contribution in [3.8, 4) is 6.07 Å². The summed E-state index contributed by atoms with van der Waals surface area (Å²) in [6.07, 6.45) is 8.75. The van der Waals surface area contributed by atoms with Gasteiger partial charge >= 0.3 is 5.97 Å². The quantitative estimate of drug-likeness (QED) is 0.124. The van der Waals surface area contributed by atoms with Gasteiger partial charge in [0.15, 0.2) is 5.57 Å². The Hall–Kier alpha value is -1.36. The molecule has 1 aliphatic heterocycles. The van der Waals surface area contributed by atoms with E-state index in [1.165, 1.54) is 61.2 Å². The number of aliphatic hydroxyl groups is 1. The maximum atomic E-state index is 12.7. The van der Waals surface area contributed by atoms with Gasteiger partial charge in [-0.15, -0.1) is 0 Å². The van der Waals surface area contributed by atoms with Crippen LogP contribution in [0, 0.1) is 29.1 Å². The predicted octanol–water partition coefficient (Wildman–Crippen LogP) is 8.08. The van der Waals surface area contributed by atoms with E-state index >= 15 is 0 Å². The zero-order valence-corrected chi connectivity index (χ0v) is 24.9. The molecule has 36 heavy (non-hydrogen) atoms. The van der Waals surface area contributed by atoms with Crippen LogP contribution in [0.1, 0.15) is 99.8 Å². The number of hydrogen-bond donors (Lipinski definition) is 1. The normalized spacial score (nSPS) is 25.6. The molecule has 1 atom stereocenters. The van der Waals surface area contributed by atoms with Crippen LogP contribution in [0.3, 0.4) is 0 Å². The first-order valence-electron chi connectivity index (χ1n) is 13.4. The zero-order chi connectivity index (χ0) is 26.9. The molecule has 1 unspecified atom stereocenters. The van der Waals surface area contributed by atoms with Crippen LogP contribution in [-0.2, 0) is 14.3 Å². The molecule has 1 aliphatic carbocycles. The first kappa shape index (κ1) is 30.9. The van der Waals surface area contributed by atoms with Gasteiger partial charge in [0.25, 0.3) is 0 Å². The zero-order valence-electron chi connectivity index (χ0n) is 23.2. The van der Waals surface area contributed by atoms with Gasteiger partial charge < -0.3 is 14.6 Å². The summed E-state index contributed by atoms with van der Waals surface area (Å²) in [5.74, 6) is 2.36. The van der Waals surface area contributed by atoms with Gasteiger partial charge in [0.1, 0.15) is 11.8 Å². The number of ether oxygens (including phenoxy) is 2. The van der Waals surface area contributed by atoms with Crippen molar-refractivity contribution in [3.05, 3.63) is 31.0 Å². The van der Waals surface area contributed by atoms with Gasteiger partial charge in [0.2, 0.25) is 0 Å². The van der Waals surface area contributed by atoms with Crippen molar-refractivity contribution < 1.29 is 19.4 Å². The average Bonchev–Trinajstić information content (AvgIpc) is 3.26. The first-order chi connectivity index (χ1) is 17.0. The summed E-state index contributed by atoms with van der Waals surface area (Å²) >= 11 is 2.90. The summed E-state index contributed by atoms with van der Waals surface area (Å²) < 4.78 is 12.4. The van der Waals surface area contributed by atoms with E-state index in [2.05, 4.69) is 33.8 Å². The smallest absolute Gasteiger partial charge is 0.350 e. The molecule has 202 valence electrons. The molecule has 0 aromatic rings. The minimum atomic E-state index is -0.929. The van der Waals surface area contributed by atoms with Crippen molar-refractivity contribution >= 4 is 29.5 Å². The fourth-order valence-electron chi connectivity index (χ4n) is 4.60. The number of thioether (sulfide) groups is 2. The fraction of sp³-hybridized carbons (Fsp3) is 0.724. The summed E-state index contributed by atoms with van der Waals surface area (Å²) in [5, 5.41) is 19.6. The lowest BCUT2D eigenvalue weighted by Crippen LogP contribution is -2.24. The molecule has 0 bridgehead atoms. The minimum absolute atomic E-state index is 0.0186. The molecule has 0 aromatic heterocycles. The van der Waals surface area contributed by atoms with E-state index in [0.717, 1.165) is 46.9 Å². The molecule has 2 fully saturated rings. The van der Waals surface area contributed by atoms with Crippen molar-refractivity contribution in [2.45, 2.75) is 105 Å². The third kappa shape index (κ3) is 9.19. The SMILES string of the molecule is CCCC(CO/C(C)=C1\S/C(=C(/C#N)C(=O)OCCC(C)(C)O)S\C1=C(/C)CC)C1CCC(C)CC1. The Kier molecular flexibility index (Phi) is 12.5. The predicted molar refractivity (Wildman–Crippen MR) is 151 cm³/mol. The molecule has 0 spiro atoms. The van der Waals surface area contributed by atoms with Crippen molar-refractivity contribution in [2.24, 2.45) is 17.8 Å². The number of carbonyl (C=O) groups is 1. The highest BCUT2D eigenvalue weighted by molar-refractivity contribution is 8.29. The van der Waals surface area contributed by atoms with Crippen molar-refractivity contribution in [1.29, 1.82) is 5.26 Å². The van der Waals surface area contributed by atoms with E-state index in [1.54, 1.807) is 13.8 Å². The Bertz CT molecular complexity index is 899. The molecule has 0 radical (unpaired) electrons. The first-order valence-corrected chi connectivity index (χ1v) is 15.1. The van der Waals surface area contributed by atoms with Gasteiger partial charge in [-0.25, -0.2) is 4.79 Å². The number of nitriles is 1. The van der Waals surface area contributed by atoms with Crippen LogP contribution in [0.5, 0.6) is 0 Å². The lowest BCUT2D eigenvalue weighted by Gasteiger charge is -2.32. The summed E-state index contributed by atoms with van der Waals surface area (Å²) in [7, 11) is 0. The van der Waals surface area contributed by atoms with E-state index < -0.39 is 11.6 Å². The highest BCUT2D eigenvalue weighted by Crippen LogP contribution is 2.56. The number of hydrogen-bond acceptors (Lipinski definition) is 7. The van der Waals surface area contributed by atoms with E-state index in [4.69, 9.17) is 9.47 Å². The fourth-order valence-corrected chi connectivity index (χ4v) is 7.37. The Balaban J connectivity index is 2.22. The van der Waals surface area contributed by atoms with Crippen molar-refractivity contribution in [2.75, 3.05) is 13.2 Å². The van der Waals surface area contributed by atoms with E-state index in [-0.39, 0.29) is 12.2 Å². The Morgan fingerprint density at radius 3 is 2.33 bits per heavy atom. The average molecular weight is 536 g/mol. The molecule has 0 aromatic carbocycles. The van der Waals surface area contributed by atoms with Crippen LogP contribution in [0.4, 0.5) is 0 Å². The lowest BCUT2D eigenvalue weighted by atomic mass is 9.75. The monoisotopic (exact) mass is 535 g/mol.